The Balaban J connectivity index is 1.69. The normalized spacial score (nSPS) is 23.9. The van der Waals surface area contributed by atoms with E-state index in [-0.39, 0.29) is 0 Å². The summed E-state index contributed by atoms with van der Waals surface area (Å²) in [6.07, 6.45) is 2.34. The Bertz CT molecular complexity index is 453. The van der Waals surface area contributed by atoms with Crippen LogP contribution in [0.25, 0.3) is 0 Å². The van der Waals surface area contributed by atoms with Crippen molar-refractivity contribution in [1.82, 2.24) is 0 Å². The van der Waals surface area contributed by atoms with Gasteiger partial charge in [-0.2, -0.15) is 0 Å². The molecule has 0 unspecified atom stereocenters. The minimum absolute atomic E-state index is 0.384. The monoisotopic (exact) mass is 265 g/mol. The quantitative estimate of drug-likeness (QED) is 0.906. The van der Waals surface area contributed by atoms with Gasteiger partial charge in [0.2, 0.25) is 0 Å². The number of halogens is 1. The lowest BCUT2D eigenvalue weighted by Gasteiger charge is -2.34. The van der Waals surface area contributed by atoms with Gasteiger partial charge in [-0.25, -0.2) is 4.39 Å². The van der Waals surface area contributed by atoms with Gasteiger partial charge in [-0.15, -0.1) is 0 Å². The second-order valence-electron chi connectivity index (χ2n) is 5.58. The van der Waals surface area contributed by atoms with Crippen LogP contribution in [0.15, 0.2) is 24.3 Å². The molecule has 2 fully saturated rings. The fraction of sp³-hybridized carbons (Fsp3) is 0.600. The summed E-state index contributed by atoms with van der Waals surface area (Å²) >= 11 is 0. The molecule has 104 valence electrons. The molecule has 1 saturated carbocycles. The van der Waals surface area contributed by atoms with E-state index >= 15 is 0 Å². The molecule has 3 nitrogen and oxygen atoms in total. The molecule has 1 aromatic rings. The third-order valence-corrected chi connectivity index (χ3v) is 4.08. The molecule has 0 spiro atoms. The number of ether oxygens (including phenoxy) is 2. The van der Waals surface area contributed by atoms with E-state index in [1.807, 2.05) is 31.2 Å². The highest BCUT2D eigenvalue weighted by Gasteiger charge is 2.37. The summed E-state index contributed by atoms with van der Waals surface area (Å²) in [7, 11) is 0. The number of anilines is 1. The molecule has 0 amide bonds. The van der Waals surface area contributed by atoms with Crippen LogP contribution in [0.3, 0.4) is 0 Å². The second kappa shape index (κ2) is 4.76. The van der Waals surface area contributed by atoms with Crippen LogP contribution >= 0.6 is 0 Å². The lowest BCUT2D eigenvalue weighted by Crippen LogP contribution is -2.39. The van der Waals surface area contributed by atoms with Crippen LogP contribution in [0, 0.1) is 0 Å². The van der Waals surface area contributed by atoms with Crippen LogP contribution in [0.1, 0.15) is 31.7 Å². The van der Waals surface area contributed by atoms with Crippen molar-refractivity contribution in [2.24, 2.45) is 0 Å². The third kappa shape index (κ3) is 2.60. The first kappa shape index (κ1) is 12.9. The highest BCUT2D eigenvalue weighted by molar-refractivity contribution is 5.47. The van der Waals surface area contributed by atoms with Gasteiger partial charge in [0, 0.05) is 17.8 Å². The van der Waals surface area contributed by atoms with E-state index in [4.69, 9.17) is 9.47 Å². The third-order valence-electron chi connectivity index (χ3n) is 4.08. The van der Waals surface area contributed by atoms with Crippen molar-refractivity contribution in [3.8, 4) is 0 Å². The molecule has 1 aliphatic carbocycles. The zero-order valence-corrected chi connectivity index (χ0v) is 11.2. The summed E-state index contributed by atoms with van der Waals surface area (Å²) < 4.78 is 25.2. The average molecular weight is 265 g/mol. The van der Waals surface area contributed by atoms with Gasteiger partial charge in [0.05, 0.1) is 13.2 Å². The van der Waals surface area contributed by atoms with Gasteiger partial charge in [-0.1, -0.05) is 12.1 Å². The van der Waals surface area contributed by atoms with Crippen molar-refractivity contribution in [3.63, 3.8) is 0 Å². The Morgan fingerprint density at radius 3 is 2.63 bits per heavy atom. The summed E-state index contributed by atoms with van der Waals surface area (Å²) in [6, 6.07) is 7.85. The molecule has 0 aromatic heterocycles. The zero-order valence-electron chi connectivity index (χ0n) is 11.2. The predicted molar refractivity (Wildman–Crippen MR) is 71.9 cm³/mol. The van der Waals surface area contributed by atoms with Crippen LogP contribution in [-0.4, -0.2) is 25.4 Å². The predicted octanol–water partition coefficient (Wildman–Crippen LogP) is 3.21. The van der Waals surface area contributed by atoms with Crippen molar-refractivity contribution < 1.29 is 13.9 Å². The zero-order chi connectivity index (χ0) is 13.3. The maximum absolute atomic E-state index is 14.0. The van der Waals surface area contributed by atoms with E-state index in [0.29, 0.717) is 32.6 Å². The van der Waals surface area contributed by atoms with E-state index < -0.39 is 11.5 Å². The van der Waals surface area contributed by atoms with Crippen molar-refractivity contribution in [3.05, 3.63) is 29.8 Å². The lowest BCUT2D eigenvalue weighted by atomic mass is 9.82. The number of benzene rings is 1. The van der Waals surface area contributed by atoms with Gasteiger partial charge in [-0.3, -0.25) is 0 Å². The molecule has 0 atom stereocenters. The summed E-state index contributed by atoms with van der Waals surface area (Å²) in [5.74, 6) is -0.665. The first-order valence-corrected chi connectivity index (χ1v) is 6.91. The van der Waals surface area contributed by atoms with E-state index in [1.165, 1.54) is 0 Å². The Morgan fingerprint density at radius 2 is 2.00 bits per heavy atom. The van der Waals surface area contributed by atoms with Gasteiger partial charge in [0.25, 0.3) is 0 Å². The Kier molecular flexibility index (Phi) is 3.23. The van der Waals surface area contributed by atoms with Crippen molar-refractivity contribution in [2.45, 2.75) is 37.6 Å². The summed E-state index contributed by atoms with van der Waals surface area (Å²) in [6.45, 7) is 3.53. The molecule has 1 aromatic carbocycles. The lowest BCUT2D eigenvalue weighted by molar-refractivity contribution is -0.149. The van der Waals surface area contributed by atoms with E-state index in [9.17, 15) is 4.39 Å². The first-order chi connectivity index (χ1) is 9.10. The molecule has 1 heterocycles. The molecule has 1 saturated heterocycles. The van der Waals surface area contributed by atoms with Gasteiger partial charge >= 0.3 is 0 Å². The molecule has 2 aliphatic rings. The number of nitrogens with one attached hydrogen (secondary N) is 1. The smallest absolute Gasteiger partial charge is 0.192 e. The molecular formula is C15H20FNO2. The van der Waals surface area contributed by atoms with Gasteiger partial charge in [0.1, 0.15) is 5.67 Å². The van der Waals surface area contributed by atoms with Crippen LogP contribution in [0.4, 0.5) is 10.1 Å². The van der Waals surface area contributed by atoms with Crippen LogP contribution in [-0.2, 0) is 15.3 Å². The highest BCUT2D eigenvalue weighted by atomic mass is 19.1. The Morgan fingerprint density at radius 1 is 1.26 bits per heavy atom. The molecule has 1 aliphatic heterocycles. The maximum atomic E-state index is 14.0. The Labute approximate surface area is 113 Å². The molecule has 1 N–H and O–H groups in total. The number of hydrogen-bond donors (Lipinski definition) is 1. The number of alkyl halides is 1. The van der Waals surface area contributed by atoms with Gasteiger partial charge < -0.3 is 14.8 Å². The highest BCUT2D eigenvalue weighted by Crippen LogP contribution is 2.36. The number of rotatable bonds is 4. The standard InChI is InChI=1S/C15H20FNO2/c1-14(18-8-9-19-14)12-4-2-5-13(10-12)17-11-15(16)6-3-7-15/h2,4-5,10,17H,3,6-9,11H2,1H3. The maximum Gasteiger partial charge on any atom is 0.192 e. The SMILES string of the molecule is CC1(c2cccc(NCC3(F)CCC3)c2)OCCO1. The summed E-state index contributed by atoms with van der Waals surface area (Å²) in [4.78, 5) is 0. The topological polar surface area (TPSA) is 30.5 Å². The van der Waals surface area contributed by atoms with E-state index in [0.717, 1.165) is 17.7 Å². The van der Waals surface area contributed by atoms with Gasteiger partial charge in [0.15, 0.2) is 5.79 Å². The van der Waals surface area contributed by atoms with E-state index in [2.05, 4.69) is 5.32 Å². The van der Waals surface area contributed by atoms with Crippen molar-refractivity contribution in [2.75, 3.05) is 25.1 Å². The van der Waals surface area contributed by atoms with Crippen LogP contribution in [0.2, 0.25) is 0 Å². The minimum Gasteiger partial charge on any atom is -0.382 e. The largest absolute Gasteiger partial charge is 0.382 e. The fourth-order valence-electron chi connectivity index (χ4n) is 2.59. The average Bonchev–Trinajstić information content (AvgIpc) is 2.83. The van der Waals surface area contributed by atoms with Gasteiger partial charge in [-0.05, 0) is 38.3 Å². The van der Waals surface area contributed by atoms with Crippen LogP contribution < -0.4 is 5.32 Å². The molecule has 0 bridgehead atoms. The summed E-state index contributed by atoms with van der Waals surface area (Å²) in [5.41, 5.74) is 0.874. The molecule has 4 heteroatoms. The molecule has 0 radical (unpaired) electrons. The van der Waals surface area contributed by atoms with Crippen LogP contribution in [0.5, 0.6) is 0 Å². The first-order valence-electron chi connectivity index (χ1n) is 6.91. The van der Waals surface area contributed by atoms with Crippen molar-refractivity contribution in [1.29, 1.82) is 0 Å². The summed E-state index contributed by atoms with van der Waals surface area (Å²) in [5, 5.41) is 3.18. The molecule has 3 rings (SSSR count). The minimum atomic E-state index is -1.01. The molecule has 19 heavy (non-hydrogen) atoms. The fourth-order valence-corrected chi connectivity index (χ4v) is 2.59. The number of hydrogen-bond acceptors (Lipinski definition) is 3. The molecular weight excluding hydrogens is 245 g/mol. The Hall–Kier alpha value is -1.13. The second-order valence-corrected chi connectivity index (χ2v) is 5.58. The van der Waals surface area contributed by atoms with E-state index in [1.54, 1.807) is 0 Å². The van der Waals surface area contributed by atoms with Crippen molar-refractivity contribution >= 4 is 5.69 Å².